The molecule has 108 valence electrons. The van der Waals surface area contributed by atoms with Crippen molar-refractivity contribution in [2.75, 3.05) is 18.5 Å². The highest BCUT2D eigenvalue weighted by Gasteiger charge is 2.13. The minimum Gasteiger partial charge on any atom is -0.392 e. The van der Waals surface area contributed by atoms with Crippen LogP contribution in [0.25, 0.3) is 0 Å². The minimum absolute atomic E-state index is 0.0873. The molecule has 2 atom stereocenters. The molecular formula is C13H23N3O2S. The summed E-state index contributed by atoms with van der Waals surface area (Å²) in [6.45, 7) is 9.58. The SMILES string of the molecule is CCNc1cc(SC(C)C(C)O)nc(COCC)n1. The van der Waals surface area contributed by atoms with Gasteiger partial charge in [-0.3, -0.25) is 0 Å². The summed E-state index contributed by atoms with van der Waals surface area (Å²) < 4.78 is 5.35. The first kappa shape index (κ1) is 16.2. The Bertz CT molecular complexity index is 388. The number of rotatable bonds is 8. The minimum atomic E-state index is -0.377. The summed E-state index contributed by atoms with van der Waals surface area (Å²) in [7, 11) is 0. The van der Waals surface area contributed by atoms with Crippen molar-refractivity contribution in [3.8, 4) is 0 Å². The van der Waals surface area contributed by atoms with Crippen LogP contribution in [0.1, 0.15) is 33.5 Å². The fourth-order valence-corrected chi connectivity index (χ4v) is 2.27. The molecule has 1 rings (SSSR count). The quantitative estimate of drug-likeness (QED) is 0.564. The maximum Gasteiger partial charge on any atom is 0.157 e. The largest absolute Gasteiger partial charge is 0.392 e. The third-order valence-electron chi connectivity index (χ3n) is 2.53. The number of aliphatic hydroxyl groups excluding tert-OH is 1. The van der Waals surface area contributed by atoms with Crippen LogP contribution < -0.4 is 5.32 Å². The van der Waals surface area contributed by atoms with Crippen LogP contribution in [0.2, 0.25) is 0 Å². The number of nitrogens with zero attached hydrogens (tertiary/aromatic N) is 2. The van der Waals surface area contributed by atoms with Crippen molar-refractivity contribution >= 4 is 17.6 Å². The second-order valence-corrected chi connectivity index (χ2v) is 5.64. The van der Waals surface area contributed by atoms with Gasteiger partial charge in [0.1, 0.15) is 17.5 Å². The van der Waals surface area contributed by atoms with E-state index in [0.29, 0.717) is 19.0 Å². The predicted octanol–water partition coefficient (Wildman–Crippen LogP) is 2.31. The lowest BCUT2D eigenvalue weighted by molar-refractivity contribution is 0.128. The van der Waals surface area contributed by atoms with Gasteiger partial charge in [0, 0.05) is 24.5 Å². The van der Waals surface area contributed by atoms with E-state index in [1.54, 1.807) is 18.7 Å². The molecule has 0 bridgehead atoms. The first-order valence-electron chi connectivity index (χ1n) is 6.61. The molecule has 19 heavy (non-hydrogen) atoms. The lowest BCUT2D eigenvalue weighted by Crippen LogP contribution is -2.15. The van der Waals surface area contributed by atoms with Crippen molar-refractivity contribution in [2.24, 2.45) is 0 Å². The summed E-state index contributed by atoms with van der Waals surface area (Å²) in [5.74, 6) is 1.47. The van der Waals surface area contributed by atoms with Gasteiger partial charge in [-0.2, -0.15) is 0 Å². The molecule has 1 heterocycles. The van der Waals surface area contributed by atoms with Crippen LogP contribution in [0.3, 0.4) is 0 Å². The van der Waals surface area contributed by atoms with Crippen LogP contribution in [0.15, 0.2) is 11.1 Å². The van der Waals surface area contributed by atoms with E-state index in [4.69, 9.17) is 4.74 Å². The molecule has 1 aromatic rings. The molecule has 0 saturated carbocycles. The van der Waals surface area contributed by atoms with E-state index in [-0.39, 0.29) is 11.4 Å². The van der Waals surface area contributed by atoms with Crippen molar-refractivity contribution < 1.29 is 9.84 Å². The van der Waals surface area contributed by atoms with Crippen LogP contribution in [0.4, 0.5) is 5.82 Å². The summed E-state index contributed by atoms with van der Waals surface area (Å²) in [6.07, 6.45) is -0.377. The molecule has 0 aliphatic carbocycles. The van der Waals surface area contributed by atoms with Crippen LogP contribution in [0, 0.1) is 0 Å². The van der Waals surface area contributed by atoms with Gasteiger partial charge in [-0.1, -0.05) is 6.92 Å². The van der Waals surface area contributed by atoms with E-state index < -0.39 is 0 Å². The van der Waals surface area contributed by atoms with Gasteiger partial charge in [-0.25, -0.2) is 9.97 Å². The van der Waals surface area contributed by atoms with Crippen LogP contribution in [-0.4, -0.2) is 39.6 Å². The van der Waals surface area contributed by atoms with Crippen molar-refractivity contribution in [1.29, 1.82) is 0 Å². The number of hydrogen-bond donors (Lipinski definition) is 2. The van der Waals surface area contributed by atoms with Crippen LogP contribution in [0.5, 0.6) is 0 Å². The number of nitrogens with one attached hydrogen (secondary N) is 1. The highest BCUT2D eigenvalue weighted by atomic mass is 32.2. The van der Waals surface area contributed by atoms with Gasteiger partial charge < -0.3 is 15.2 Å². The molecule has 0 aliphatic heterocycles. The second-order valence-electron chi connectivity index (χ2n) is 4.24. The van der Waals surface area contributed by atoms with E-state index in [1.165, 1.54) is 0 Å². The zero-order valence-electron chi connectivity index (χ0n) is 12.0. The van der Waals surface area contributed by atoms with Gasteiger partial charge in [-0.05, 0) is 20.8 Å². The number of aromatic nitrogens is 2. The highest BCUT2D eigenvalue weighted by Crippen LogP contribution is 2.25. The normalized spacial score (nSPS) is 14.2. The van der Waals surface area contributed by atoms with E-state index >= 15 is 0 Å². The Labute approximate surface area is 119 Å². The highest BCUT2D eigenvalue weighted by molar-refractivity contribution is 7.99. The first-order chi connectivity index (χ1) is 9.06. The number of hydrogen-bond acceptors (Lipinski definition) is 6. The average molecular weight is 285 g/mol. The van der Waals surface area contributed by atoms with Crippen molar-refractivity contribution in [3.63, 3.8) is 0 Å². The molecular weight excluding hydrogens is 262 g/mol. The molecule has 0 radical (unpaired) electrons. The Hall–Kier alpha value is -0.850. The Morgan fingerprint density at radius 2 is 2.11 bits per heavy atom. The Kier molecular flexibility index (Phi) is 7.12. The van der Waals surface area contributed by atoms with Gasteiger partial charge in [0.15, 0.2) is 5.82 Å². The molecule has 2 unspecified atom stereocenters. The van der Waals surface area contributed by atoms with Gasteiger partial charge >= 0.3 is 0 Å². The van der Waals surface area contributed by atoms with Crippen molar-refractivity contribution in [3.05, 3.63) is 11.9 Å². The first-order valence-corrected chi connectivity index (χ1v) is 7.49. The molecule has 6 heteroatoms. The summed E-state index contributed by atoms with van der Waals surface area (Å²) >= 11 is 1.54. The Balaban J connectivity index is 2.85. The Morgan fingerprint density at radius 3 is 2.68 bits per heavy atom. The lowest BCUT2D eigenvalue weighted by Gasteiger charge is -2.15. The maximum atomic E-state index is 9.56. The molecule has 0 saturated heterocycles. The predicted molar refractivity (Wildman–Crippen MR) is 78.5 cm³/mol. The van der Waals surface area contributed by atoms with Gasteiger partial charge in [0.2, 0.25) is 0 Å². The standard InChI is InChI=1S/C13H23N3O2S/c1-5-14-11-7-13(19-10(4)9(3)17)16-12(15-11)8-18-6-2/h7,9-10,17H,5-6,8H2,1-4H3,(H,14,15,16). The van der Waals surface area contributed by atoms with E-state index in [0.717, 1.165) is 17.4 Å². The fraction of sp³-hybridized carbons (Fsp3) is 0.692. The summed E-state index contributed by atoms with van der Waals surface area (Å²) in [4.78, 5) is 8.84. The van der Waals surface area contributed by atoms with E-state index in [2.05, 4.69) is 15.3 Å². The fourth-order valence-electron chi connectivity index (χ4n) is 1.35. The third kappa shape index (κ3) is 5.76. The van der Waals surface area contributed by atoms with Crippen molar-refractivity contribution in [2.45, 2.75) is 50.7 Å². The summed E-state index contributed by atoms with van der Waals surface area (Å²) in [5.41, 5.74) is 0. The monoisotopic (exact) mass is 285 g/mol. The lowest BCUT2D eigenvalue weighted by atomic mass is 10.3. The molecule has 0 aliphatic rings. The number of thioether (sulfide) groups is 1. The van der Waals surface area contributed by atoms with Crippen LogP contribution in [-0.2, 0) is 11.3 Å². The smallest absolute Gasteiger partial charge is 0.157 e. The maximum absolute atomic E-state index is 9.56. The zero-order valence-corrected chi connectivity index (χ0v) is 12.8. The summed E-state index contributed by atoms with van der Waals surface area (Å²) in [6, 6.07) is 1.91. The molecule has 1 aromatic heterocycles. The van der Waals surface area contributed by atoms with Crippen LogP contribution >= 0.6 is 11.8 Å². The third-order valence-corrected chi connectivity index (χ3v) is 3.74. The van der Waals surface area contributed by atoms with E-state index in [1.807, 2.05) is 26.8 Å². The number of aliphatic hydroxyl groups is 1. The molecule has 0 amide bonds. The van der Waals surface area contributed by atoms with Gasteiger partial charge in [-0.15, -0.1) is 11.8 Å². The topological polar surface area (TPSA) is 67.3 Å². The van der Waals surface area contributed by atoms with Gasteiger partial charge in [0.05, 0.1) is 6.10 Å². The second kappa shape index (κ2) is 8.35. The number of ether oxygens (including phenoxy) is 1. The van der Waals surface area contributed by atoms with Gasteiger partial charge in [0.25, 0.3) is 0 Å². The number of anilines is 1. The van der Waals surface area contributed by atoms with Crippen molar-refractivity contribution in [1.82, 2.24) is 9.97 Å². The molecule has 0 fully saturated rings. The molecule has 0 spiro atoms. The molecule has 5 nitrogen and oxygen atoms in total. The molecule has 0 aromatic carbocycles. The average Bonchev–Trinajstić information content (AvgIpc) is 2.36. The molecule has 2 N–H and O–H groups in total. The zero-order chi connectivity index (χ0) is 14.3. The van der Waals surface area contributed by atoms with E-state index in [9.17, 15) is 5.11 Å². The summed E-state index contributed by atoms with van der Waals surface area (Å²) in [5, 5.41) is 13.7. The Morgan fingerprint density at radius 1 is 1.37 bits per heavy atom.